The van der Waals surface area contributed by atoms with Crippen molar-refractivity contribution in [2.24, 2.45) is 0 Å². The Balaban J connectivity index is 1.93. The number of ether oxygens (including phenoxy) is 2. The van der Waals surface area contributed by atoms with E-state index in [1.807, 2.05) is 0 Å². The number of hydrogen-bond donors (Lipinski definition) is 2. The van der Waals surface area contributed by atoms with Crippen LogP contribution in [0.3, 0.4) is 0 Å². The molecule has 2 aromatic carbocycles. The molecule has 33 heavy (non-hydrogen) atoms. The summed E-state index contributed by atoms with van der Waals surface area (Å²) in [6.07, 6.45) is 0. The van der Waals surface area contributed by atoms with E-state index >= 15 is 0 Å². The molecule has 0 radical (unpaired) electrons. The standard InChI is InChI=1S/C21H20ClN3O8/c1-3-32-20(28)13-7-14(9-15(8-13)25(30)31)21(29)33-11-19(27)23-10-18(26)24-17-6-4-5-16(22)12(17)2/h4-9H,3,10-11H2,1-2H3,(H,23,27)(H,24,26). The summed E-state index contributed by atoms with van der Waals surface area (Å²) in [7, 11) is 0. The first kappa shape index (κ1) is 25.3. The first-order valence-corrected chi connectivity index (χ1v) is 9.95. The van der Waals surface area contributed by atoms with Crippen molar-refractivity contribution in [2.75, 3.05) is 25.1 Å². The second-order valence-corrected chi connectivity index (χ2v) is 6.97. The molecule has 2 aromatic rings. The molecule has 0 heterocycles. The highest BCUT2D eigenvalue weighted by atomic mass is 35.5. The fraction of sp³-hybridized carbons (Fsp3) is 0.238. The van der Waals surface area contributed by atoms with Crippen molar-refractivity contribution in [1.82, 2.24) is 5.32 Å². The molecule has 174 valence electrons. The van der Waals surface area contributed by atoms with Crippen LogP contribution in [0.25, 0.3) is 0 Å². The zero-order valence-electron chi connectivity index (χ0n) is 17.7. The molecule has 2 rings (SSSR count). The van der Waals surface area contributed by atoms with Gasteiger partial charge in [0, 0.05) is 22.8 Å². The van der Waals surface area contributed by atoms with Gasteiger partial charge in [-0.1, -0.05) is 17.7 Å². The van der Waals surface area contributed by atoms with Gasteiger partial charge in [-0.25, -0.2) is 9.59 Å². The van der Waals surface area contributed by atoms with Crippen LogP contribution in [0.2, 0.25) is 5.02 Å². The second-order valence-electron chi connectivity index (χ2n) is 6.56. The Bertz CT molecular complexity index is 1100. The summed E-state index contributed by atoms with van der Waals surface area (Å²) >= 11 is 5.98. The molecule has 0 aromatic heterocycles. The summed E-state index contributed by atoms with van der Waals surface area (Å²) < 4.78 is 9.61. The summed E-state index contributed by atoms with van der Waals surface area (Å²) in [6, 6.07) is 7.90. The molecule has 2 N–H and O–H groups in total. The van der Waals surface area contributed by atoms with Gasteiger partial charge in [-0.15, -0.1) is 0 Å². The van der Waals surface area contributed by atoms with Crippen LogP contribution < -0.4 is 10.6 Å². The highest BCUT2D eigenvalue weighted by Gasteiger charge is 2.20. The number of hydrogen-bond acceptors (Lipinski definition) is 8. The summed E-state index contributed by atoms with van der Waals surface area (Å²) in [4.78, 5) is 58.3. The Morgan fingerprint density at radius 1 is 1.03 bits per heavy atom. The highest BCUT2D eigenvalue weighted by Crippen LogP contribution is 2.22. The van der Waals surface area contributed by atoms with Gasteiger partial charge in [0.2, 0.25) is 5.91 Å². The second kappa shape index (κ2) is 11.6. The molecule has 11 nitrogen and oxygen atoms in total. The van der Waals surface area contributed by atoms with Gasteiger partial charge in [0.1, 0.15) is 0 Å². The number of anilines is 1. The molecule has 0 fully saturated rings. The smallest absolute Gasteiger partial charge is 0.338 e. The summed E-state index contributed by atoms with van der Waals surface area (Å²) in [6.45, 7) is 2.16. The molecule has 2 amide bonds. The Morgan fingerprint density at radius 2 is 1.67 bits per heavy atom. The number of nitrogens with zero attached hydrogens (tertiary/aromatic N) is 1. The van der Waals surface area contributed by atoms with E-state index in [4.69, 9.17) is 21.1 Å². The van der Waals surface area contributed by atoms with Crippen LogP contribution in [0.5, 0.6) is 0 Å². The zero-order chi connectivity index (χ0) is 24.5. The van der Waals surface area contributed by atoms with Crippen molar-refractivity contribution in [2.45, 2.75) is 13.8 Å². The number of rotatable bonds is 9. The Hall–Kier alpha value is -3.99. The van der Waals surface area contributed by atoms with Crippen LogP contribution >= 0.6 is 11.6 Å². The molecule has 0 aliphatic rings. The van der Waals surface area contributed by atoms with Gasteiger partial charge < -0.3 is 20.1 Å². The van der Waals surface area contributed by atoms with E-state index in [2.05, 4.69) is 10.6 Å². The number of carbonyl (C=O) groups is 4. The Kier molecular flexibility index (Phi) is 8.87. The lowest BCUT2D eigenvalue weighted by Gasteiger charge is -2.10. The minimum absolute atomic E-state index is 0.0337. The summed E-state index contributed by atoms with van der Waals surface area (Å²) in [5.74, 6) is -3.23. The molecular weight excluding hydrogens is 458 g/mol. The number of nitro groups is 1. The van der Waals surface area contributed by atoms with E-state index in [1.54, 1.807) is 32.0 Å². The van der Waals surface area contributed by atoms with Crippen LogP contribution in [-0.2, 0) is 19.1 Å². The third kappa shape index (κ3) is 7.28. The van der Waals surface area contributed by atoms with Gasteiger partial charge in [-0.2, -0.15) is 0 Å². The van der Waals surface area contributed by atoms with E-state index in [1.165, 1.54) is 0 Å². The normalized spacial score (nSPS) is 10.2. The number of benzene rings is 2. The molecule has 0 aliphatic carbocycles. The van der Waals surface area contributed by atoms with Gasteiger partial charge in [0.15, 0.2) is 6.61 Å². The molecule has 0 atom stereocenters. The average molecular weight is 478 g/mol. The molecular formula is C21H20ClN3O8. The molecule has 0 saturated heterocycles. The zero-order valence-corrected chi connectivity index (χ0v) is 18.4. The maximum absolute atomic E-state index is 12.2. The van der Waals surface area contributed by atoms with Crippen molar-refractivity contribution < 1.29 is 33.6 Å². The maximum Gasteiger partial charge on any atom is 0.338 e. The summed E-state index contributed by atoms with van der Waals surface area (Å²) in [5, 5.41) is 16.4. The summed E-state index contributed by atoms with van der Waals surface area (Å²) in [5.41, 5.74) is 0.0951. The predicted octanol–water partition coefficient (Wildman–Crippen LogP) is 2.65. The lowest BCUT2D eigenvalue weighted by Crippen LogP contribution is -2.35. The maximum atomic E-state index is 12.2. The largest absolute Gasteiger partial charge is 0.462 e. The van der Waals surface area contributed by atoms with Crippen molar-refractivity contribution >= 4 is 46.7 Å². The minimum atomic E-state index is -1.07. The van der Waals surface area contributed by atoms with E-state index in [0.717, 1.165) is 18.2 Å². The number of halogens is 1. The SMILES string of the molecule is CCOC(=O)c1cc(C(=O)OCC(=O)NCC(=O)Nc2cccc(Cl)c2C)cc([N+](=O)[O-])c1. The number of nitro benzene ring substituents is 1. The van der Waals surface area contributed by atoms with E-state index in [0.29, 0.717) is 16.3 Å². The number of non-ortho nitro benzene ring substituents is 1. The molecule has 0 bridgehead atoms. The molecule has 0 saturated carbocycles. The molecule has 12 heteroatoms. The third-order valence-corrected chi connectivity index (χ3v) is 4.61. The van der Waals surface area contributed by atoms with Crippen LogP contribution in [0.4, 0.5) is 11.4 Å². The highest BCUT2D eigenvalue weighted by molar-refractivity contribution is 6.31. The lowest BCUT2D eigenvalue weighted by atomic mass is 10.1. The fourth-order valence-corrected chi connectivity index (χ4v) is 2.72. The number of esters is 2. The van der Waals surface area contributed by atoms with Crippen molar-refractivity contribution in [3.8, 4) is 0 Å². The third-order valence-electron chi connectivity index (χ3n) is 4.20. The number of carbonyl (C=O) groups excluding carboxylic acids is 4. The molecule has 0 unspecified atom stereocenters. The van der Waals surface area contributed by atoms with Gasteiger partial charge in [0.05, 0.1) is 29.2 Å². The van der Waals surface area contributed by atoms with Crippen LogP contribution in [0.15, 0.2) is 36.4 Å². The minimum Gasteiger partial charge on any atom is -0.462 e. The monoisotopic (exact) mass is 477 g/mol. The Morgan fingerprint density at radius 3 is 2.27 bits per heavy atom. The molecule has 0 aliphatic heterocycles. The van der Waals surface area contributed by atoms with Crippen LogP contribution in [-0.4, -0.2) is 48.4 Å². The van der Waals surface area contributed by atoms with Crippen LogP contribution in [0.1, 0.15) is 33.2 Å². The number of amides is 2. The van der Waals surface area contributed by atoms with Crippen molar-refractivity contribution in [3.63, 3.8) is 0 Å². The van der Waals surface area contributed by atoms with Gasteiger partial charge in [0.25, 0.3) is 11.6 Å². The van der Waals surface area contributed by atoms with E-state index < -0.39 is 47.5 Å². The first-order valence-electron chi connectivity index (χ1n) is 9.57. The molecule has 0 spiro atoms. The topological polar surface area (TPSA) is 154 Å². The van der Waals surface area contributed by atoms with Crippen molar-refractivity contribution in [3.05, 3.63) is 68.2 Å². The van der Waals surface area contributed by atoms with E-state index in [-0.39, 0.29) is 17.7 Å². The fourth-order valence-electron chi connectivity index (χ4n) is 2.55. The Labute approximate surface area is 193 Å². The average Bonchev–Trinajstić information content (AvgIpc) is 2.78. The van der Waals surface area contributed by atoms with Gasteiger partial charge in [-0.3, -0.25) is 19.7 Å². The van der Waals surface area contributed by atoms with Gasteiger partial charge >= 0.3 is 11.9 Å². The number of nitrogens with one attached hydrogen (secondary N) is 2. The van der Waals surface area contributed by atoms with E-state index in [9.17, 15) is 29.3 Å². The van der Waals surface area contributed by atoms with Gasteiger partial charge in [-0.05, 0) is 37.6 Å². The first-order chi connectivity index (χ1) is 15.6. The van der Waals surface area contributed by atoms with Crippen LogP contribution in [0, 0.1) is 17.0 Å². The van der Waals surface area contributed by atoms with Crippen molar-refractivity contribution in [1.29, 1.82) is 0 Å². The lowest BCUT2D eigenvalue weighted by molar-refractivity contribution is -0.384. The predicted molar refractivity (Wildman–Crippen MR) is 117 cm³/mol. The quantitative estimate of drug-likeness (QED) is 0.317.